The standard InChI is InChI=1S/C16H26BrN3O3S.HI/c1-4-18-16(20-13(2)9-12-24(3,21)22)19-10-11-23-15-7-5-14(17)6-8-15;/h5-8,13H,4,9-12H2,1-3H3,(H2,18,19,20);1H. The molecule has 1 aromatic rings. The molecular formula is C16H27BrIN3O3S. The molecule has 0 spiro atoms. The third-order valence-electron chi connectivity index (χ3n) is 3.09. The summed E-state index contributed by atoms with van der Waals surface area (Å²) in [6.45, 7) is 5.63. The Hall–Kier alpha value is -0.550. The van der Waals surface area contributed by atoms with E-state index in [0.717, 1.165) is 16.8 Å². The Morgan fingerprint density at radius 3 is 2.52 bits per heavy atom. The fourth-order valence-corrected chi connectivity index (χ4v) is 2.91. The lowest BCUT2D eigenvalue weighted by atomic mass is 10.3. The van der Waals surface area contributed by atoms with E-state index < -0.39 is 9.84 Å². The monoisotopic (exact) mass is 547 g/mol. The third-order valence-corrected chi connectivity index (χ3v) is 4.60. The molecule has 0 amide bonds. The first-order chi connectivity index (χ1) is 11.3. The van der Waals surface area contributed by atoms with Crippen LogP contribution in [-0.4, -0.2) is 52.1 Å². The largest absolute Gasteiger partial charge is 0.492 e. The predicted octanol–water partition coefficient (Wildman–Crippen LogP) is 2.82. The summed E-state index contributed by atoms with van der Waals surface area (Å²) in [6.07, 6.45) is 1.79. The Balaban J connectivity index is 0.00000576. The fraction of sp³-hybridized carbons (Fsp3) is 0.562. The van der Waals surface area contributed by atoms with Crippen molar-refractivity contribution in [2.45, 2.75) is 26.3 Å². The van der Waals surface area contributed by atoms with Crippen molar-refractivity contribution in [2.75, 3.05) is 31.7 Å². The average molecular weight is 548 g/mol. The number of nitrogens with one attached hydrogen (secondary N) is 2. The van der Waals surface area contributed by atoms with Crippen LogP contribution in [0.15, 0.2) is 33.7 Å². The highest BCUT2D eigenvalue weighted by Crippen LogP contribution is 2.15. The van der Waals surface area contributed by atoms with Crippen LogP contribution in [-0.2, 0) is 9.84 Å². The van der Waals surface area contributed by atoms with Crippen molar-refractivity contribution in [3.63, 3.8) is 0 Å². The number of benzene rings is 1. The topological polar surface area (TPSA) is 79.8 Å². The number of rotatable bonds is 9. The highest BCUT2D eigenvalue weighted by Gasteiger charge is 2.09. The molecule has 1 atom stereocenters. The van der Waals surface area contributed by atoms with Gasteiger partial charge in [-0.25, -0.2) is 13.4 Å². The molecule has 0 bridgehead atoms. The van der Waals surface area contributed by atoms with Gasteiger partial charge in [0.1, 0.15) is 22.2 Å². The molecule has 0 fully saturated rings. The maximum Gasteiger partial charge on any atom is 0.191 e. The van der Waals surface area contributed by atoms with Crippen molar-refractivity contribution < 1.29 is 13.2 Å². The van der Waals surface area contributed by atoms with E-state index in [1.807, 2.05) is 38.1 Å². The second-order valence-corrected chi connectivity index (χ2v) is 8.70. The van der Waals surface area contributed by atoms with Crippen LogP contribution in [0.3, 0.4) is 0 Å². The Morgan fingerprint density at radius 1 is 1.32 bits per heavy atom. The minimum atomic E-state index is -2.95. The van der Waals surface area contributed by atoms with Crippen LogP contribution < -0.4 is 15.4 Å². The van der Waals surface area contributed by atoms with Crippen LogP contribution in [0, 0.1) is 0 Å². The van der Waals surface area contributed by atoms with E-state index in [-0.39, 0.29) is 35.8 Å². The molecule has 1 unspecified atom stereocenters. The zero-order valence-corrected chi connectivity index (χ0v) is 19.5. The number of hydrogen-bond donors (Lipinski definition) is 2. The fourth-order valence-electron chi connectivity index (χ4n) is 1.87. The summed E-state index contributed by atoms with van der Waals surface area (Å²) in [5.74, 6) is 1.62. The average Bonchev–Trinajstić information content (AvgIpc) is 2.51. The molecule has 0 heterocycles. The summed E-state index contributed by atoms with van der Waals surface area (Å²) in [6, 6.07) is 7.65. The molecule has 6 nitrogen and oxygen atoms in total. The molecule has 9 heteroatoms. The number of sulfone groups is 1. The Bertz CT molecular complexity index is 624. The summed E-state index contributed by atoms with van der Waals surface area (Å²) in [4.78, 5) is 4.44. The highest BCUT2D eigenvalue weighted by molar-refractivity contribution is 14.0. The van der Waals surface area contributed by atoms with Gasteiger partial charge in [-0.2, -0.15) is 0 Å². The maximum absolute atomic E-state index is 11.2. The smallest absolute Gasteiger partial charge is 0.191 e. The van der Waals surface area contributed by atoms with Gasteiger partial charge >= 0.3 is 0 Å². The van der Waals surface area contributed by atoms with Crippen molar-refractivity contribution >= 4 is 55.7 Å². The molecule has 1 aromatic carbocycles. The Kier molecular flexibility index (Phi) is 12.5. The van der Waals surface area contributed by atoms with E-state index in [1.54, 1.807) is 0 Å². The molecule has 0 aliphatic rings. The summed E-state index contributed by atoms with van der Waals surface area (Å²) < 4.78 is 29.1. The van der Waals surface area contributed by atoms with E-state index in [2.05, 4.69) is 31.6 Å². The van der Waals surface area contributed by atoms with Crippen LogP contribution in [0.25, 0.3) is 0 Å². The molecule has 0 aliphatic heterocycles. The highest BCUT2D eigenvalue weighted by atomic mass is 127. The van der Waals surface area contributed by atoms with E-state index in [4.69, 9.17) is 4.74 Å². The van der Waals surface area contributed by atoms with Gasteiger partial charge in [-0.05, 0) is 44.5 Å². The van der Waals surface area contributed by atoms with Gasteiger partial charge < -0.3 is 15.4 Å². The number of nitrogens with zero attached hydrogens (tertiary/aromatic N) is 1. The van der Waals surface area contributed by atoms with Crippen molar-refractivity contribution in [3.8, 4) is 5.75 Å². The summed E-state index contributed by atoms with van der Waals surface area (Å²) >= 11 is 3.38. The van der Waals surface area contributed by atoms with Crippen LogP contribution >= 0.6 is 39.9 Å². The maximum atomic E-state index is 11.2. The SMILES string of the molecule is CCNC(=NCCOc1ccc(Br)cc1)NC(C)CCS(C)(=O)=O.I. The van der Waals surface area contributed by atoms with Gasteiger partial charge in [-0.3, -0.25) is 0 Å². The first-order valence-electron chi connectivity index (χ1n) is 7.91. The summed E-state index contributed by atoms with van der Waals surface area (Å²) in [7, 11) is -2.95. The number of halogens is 2. The van der Waals surface area contributed by atoms with Crippen molar-refractivity contribution in [2.24, 2.45) is 4.99 Å². The molecule has 0 aliphatic carbocycles. The van der Waals surface area contributed by atoms with Crippen molar-refractivity contribution in [3.05, 3.63) is 28.7 Å². The third kappa shape index (κ3) is 12.4. The lowest BCUT2D eigenvalue weighted by Gasteiger charge is -2.17. The molecule has 0 radical (unpaired) electrons. The second-order valence-electron chi connectivity index (χ2n) is 5.53. The van der Waals surface area contributed by atoms with Gasteiger partial charge in [-0.1, -0.05) is 15.9 Å². The van der Waals surface area contributed by atoms with Gasteiger partial charge in [0.15, 0.2) is 5.96 Å². The number of ether oxygens (including phenoxy) is 1. The normalized spacial score (nSPS) is 12.9. The lowest BCUT2D eigenvalue weighted by Crippen LogP contribution is -2.43. The summed E-state index contributed by atoms with van der Waals surface area (Å²) in [5, 5.41) is 6.35. The molecule has 2 N–H and O–H groups in total. The van der Waals surface area contributed by atoms with Gasteiger partial charge in [0.2, 0.25) is 0 Å². The minimum Gasteiger partial charge on any atom is -0.492 e. The molecule has 25 heavy (non-hydrogen) atoms. The van der Waals surface area contributed by atoms with Crippen LogP contribution in [0.4, 0.5) is 0 Å². The van der Waals surface area contributed by atoms with Gasteiger partial charge in [0.05, 0.1) is 12.3 Å². The van der Waals surface area contributed by atoms with Crippen LogP contribution in [0.2, 0.25) is 0 Å². The zero-order chi connectivity index (χ0) is 18.0. The molecule has 0 aromatic heterocycles. The quantitative estimate of drug-likeness (QED) is 0.215. The molecule has 144 valence electrons. The lowest BCUT2D eigenvalue weighted by molar-refractivity contribution is 0.328. The van der Waals surface area contributed by atoms with Gasteiger partial charge in [-0.15, -0.1) is 24.0 Å². The van der Waals surface area contributed by atoms with E-state index in [0.29, 0.717) is 25.5 Å². The van der Waals surface area contributed by atoms with E-state index in [9.17, 15) is 8.42 Å². The molecule has 0 saturated carbocycles. The minimum absolute atomic E-state index is 0. The number of guanidine groups is 1. The van der Waals surface area contributed by atoms with Crippen molar-refractivity contribution in [1.29, 1.82) is 0 Å². The summed E-state index contributed by atoms with van der Waals surface area (Å²) in [5.41, 5.74) is 0. The molecule has 0 saturated heterocycles. The predicted molar refractivity (Wildman–Crippen MR) is 118 cm³/mol. The van der Waals surface area contributed by atoms with Crippen LogP contribution in [0.5, 0.6) is 5.75 Å². The number of aliphatic imine (C=N–C) groups is 1. The van der Waals surface area contributed by atoms with Gasteiger partial charge in [0.25, 0.3) is 0 Å². The second kappa shape index (κ2) is 12.7. The van der Waals surface area contributed by atoms with E-state index in [1.165, 1.54) is 6.26 Å². The zero-order valence-electron chi connectivity index (χ0n) is 14.8. The first-order valence-corrected chi connectivity index (χ1v) is 10.8. The molecule has 1 rings (SSSR count). The first kappa shape index (κ1) is 24.5. The Morgan fingerprint density at radius 2 is 1.96 bits per heavy atom. The van der Waals surface area contributed by atoms with Crippen LogP contribution in [0.1, 0.15) is 20.3 Å². The van der Waals surface area contributed by atoms with Crippen molar-refractivity contribution in [1.82, 2.24) is 10.6 Å². The Labute approximate surface area is 176 Å². The van der Waals surface area contributed by atoms with Gasteiger partial charge in [0, 0.05) is 23.3 Å². The molecular weight excluding hydrogens is 521 g/mol. The number of hydrogen-bond acceptors (Lipinski definition) is 4. The van der Waals surface area contributed by atoms with E-state index >= 15 is 0 Å².